The number of hydrogen-bond acceptors (Lipinski definition) is 3. The number of nitrogens with one attached hydrogen (secondary N) is 2. The molecule has 0 saturated carbocycles. The van der Waals surface area contributed by atoms with Gasteiger partial charge in [0.15, 0.2) is 0 Å². The zero-order valence-corrected chi connectivity index (χ0v) is 12.2. The van der Waals surface area contributed by atoms with E-state index in [4.69, 9.17) is 21.4 Å². The molecule has 0 aliphatic heterocycles. The van der Waals surface area contributed by atoms with Crippen molar-refractivity contribution in [1.29, 1.82) is 0 Å². The van der Waals surface area contributed by atoms with Gasteiger partial charge in [-0.15, -0.1) is 6.58 Å². The number of amides is 2. The molecule has 0 aliphatic carbocycles. The Morgan fingerprint density at radius 1 is 1.38 bits per heavy atom. The largest absolute Gasteiger partial charge is 0.478 e. The molecule has 2 amide bonds. The molecular weight excluding hydrogens is 296 g/mol. The second kappa shape index (κ2) is 8.99. The van der Waals surface area contributed by atoms with E-state index in [0.29, 0.717) is 19.8 Å². The van der Waals surface area contributed by atoms with Crippen molar-refractivity contribution in [2.75, 3.05) is 25.1 Å². The fourth-order valence-corrected chi connectivity index (χ4v) is 1.59. The molecule has 0 atom stereocenters. The number of rotatable bonds is 8. The number of ether oxygens (including phenoxy) is 1. The molecule has 0 spiro atoms. The fraction of sp³-hybridized carbons (Fsp3) is 0.286. The predicted molar refractivity (Wildman–Crippen MR) is 81.1 cm³/mol. The molecule has 0 bridgehead atoms. The number of hydrogen-bond donors (Lipinski definition) is 3. The minimum Gasteiger partial charge on any atom is -0.478 e. The van der Waals surface area contributed by atoms with Crippen molar-refractivity contribution in [3.63, 3.8) is 0 Å². The average molecular weight is 313 g/mol. The summed E-state index contributed by atoms with van der Waals surface area (Å²) in [7, 11) is 0. The first-order valence-electron chi connectivity index (χ1n) is 6.31. The van der Waals surface area contributed by atoms with Gasteiger partial charge in [-0.05, 0) is 24.6 Å². The lowest BCUT2D eigenvalue weighted by atomic mass is 10.2. The van der Waals surface area contributed by atoms with Crippen molar-refractivity contribution < 1.29 is 19.4 Å². The van der Waals surface area contributed by atoms with Crippen LogP contribution in [-0.2, 0) is 4.74 Å². The molecule has 1 aromatic carbocycles. The van der Waals surface area contributed by atoms with E-state index in [9.17, 15) is 9.59 Å². The van der Waals surface area contributed by atoms with Crippen molar-refractivity contribution in [1.82, 2.24) is 5.32 Å². The van der Waals surface area contributed by atoms with Gasteiger partial charge in [-0.2, -0.15) is 0 Å². The van der Waals surface area contributed by atoms with Gasteiger partial charge in [0, 0.05) is 6.54 Å². The van der Waals surface area contributed by atoms with Crippen LogP contribution in [0.15, 0.2) is 30.9 Å². The van der Waals surface area contributed by atoms with Crippen LogP contribution in [0.2, 0.25) is 5.02 Å². The Morgan fingerprint density at radius 2 is 2.14 bits per heavy atom. The quantitative estimate of drug-likeness (QED) is 0.509. The Balaban J connectivity index is 2.42. The number of carbonyl (C=O) groups is 2. The third kappa shape index (κ3) is 6.29. The van der Waals surface area contributed by atoms with Gasteiger partial charge in [0.25, 0.3) is 0 Å². The molecule has 6 nitrogen and oxygen atoms in total. The second-order valence-corrected chi connectivity index (χ2v) is 4.48. The van der Waals surface area contributed by atoms with E-state index in [2.05, 4.69) is 17.2 Å². The van der Waals surface area contributed by atoms with Crippen LogP contribution in [0.3, 0.4) is 0 Å². The zero-order chi connectivity index (χ0) is 15.7. The van der Waals surface area contributed by atoms with Crippen molar-refractivity contribution in [2.45, 2.75) is 6.42 Å². The molecule has 0 saturated heterocycles. The van der Waals surface area contributed by atoms with Gasteiger partial charge in [0.2, 0.25) is 0 Å². The summed E-state index contributed by atoms with van der Waals surface area (Å²) in [6, 6.07) is 3.59. The summed E-state index contributed by atoms with van der Waals surface area (Å²) in [6.45, 7) is 4.83. The van der Waals surface area contributed by atoms with Crippen LogP contribution in [0.1, 0.15) is 16.8 Å². The maximum atomic E-state index is 11.6. The highest BCUT2D eigenvalue weighted by Crippen LogP contribution is 2.22. The molecule has 0 aromatic heterocycles. The number of urea groups is 1. The van der Waals surface area contributed by atoms with Crippen LogP contribution in [0.5, 0.6) is 0 Å². The summed E-state index contributed by atoms with van der Waals surface area (Å²) in [5.41, 5.74) is 0.282. The van der Waals surface area contributed by atoms with Gasteiger partial charge in [0.1, 0.15) is 0 Å². The van der Waals surface area contributed by atoms with E-state index in [1.807, 2.05) is 0 Å². The minimum absolute atomic E-state index is 0.0439. The molecule has 0 radical (unpaired) electrons. The monoisotopic (exact) mass is 312 g/mol. The van der Waals surface area contributed by atoms with Crippen molar-refractivity contribution in [3.8, 4) is 0 Å². The molecule has 7 heteroatoms. The smallest absolute Gasteiger partial charge is 0.335 e. The zero-order valence-electron chi connectivity index (χ0n) is 11.4. The van der Waals surface area contributed by atoms with E-state index in [-0.39, 0.29) is 16.3 Å². The molecule has 1 rings (SSSR count). The first-order valence-corrected chi connectivity index (χ1v) is 6.68. The van der Waals surface area contributed by atoms with Crippen LogP contribution in [0.4, 0.5) is 10.5 Å². The normalized spacial score (nSPS) is 9.95. The molecule has 0 unspecified atom stereocenters. The number of carboxylic acids is 1. The number of aromatic carboxylic acids is 1. The number of anilines is 1. The van der Waals surface area contributed by atoms with Crippen LogP contribution in [0, 0.1) is 0 Å². The molecule has 3 N–H and O–H groups in total. The lowest BCUT2D eigenvalue weighted by Crippen LogP contribution is -2.31. The maximum Gasteiger partial charge on any atom is 0.335 e. The number of carbonyl (C=O) groups excluding carboxylic acids is 1. The van der Waals surface area contributed by atoms with Gasteiger partial charge in [0.05, 0.1) is 29.5 Å². The van der Waals surface area contributed by atoms with Crippen LogP contribution < -0.4 is 10.6 Å². The van der Waals surface area contributed by atoms with E-state index >= 15 is 0 Å². The molecule has 1 aromatic rings. The lowest BCUT2D eigenvalue weighted by Gasteiger charge is -2.10. The summed E-state index contributed by atoms with van der Waals surface area (Å²) in [6.07, 6.45) is 2.50. The standard InChI is InChI=1S/C14H17ClN2O4/c1-2-3-7-21-8-6-16-14(20)17-12-9-10(13(18)19)4-5-11(12)15/h2,4-5,9H,1,3,6-8H2,(H,18,19)(H2,16,17,20). The predicted octanol–water partition coefficient (Wildman–Crippen LogP) is 2.75. The molecule has 0 aliphatic rings. The molecular formula is C14H17ClN2O4. The highest BCUT2D eigenvalue weighted by atomic mass is 35.5. The summed E-state index contributed by atoms with van der Waals surface area (Å²) in [4.78, 5) is 22.5. The Hall–Kier alpha value is -2.05. The maximum absolute atomic E-state index is 11.6. The average Bonchev–Trinajstić information content (AvgIpc) is 2.44. The van der Waals surface area contributed by atoms with Gasteiger partial charge >= 0.3 is 12.0 Å². The molecule has 114 valence electrons. The topological polar surface area (TPSA) is 87.7 Å². The third-order valence-electron chi connectivity index (χ3n) is 2.46. The van der Waals surface area contributed by atoms with E-state index in [1.54, 1.807) is 6.08 Å². The Kier molecular flexibility index (Phi) is 7.28. The highest BCUT2D eigenvalue weighted by Gasteiger charge is 2.09. The summed E-state index contributed by atoms with van der Waals surface area (Å²) >= 11 is 5.89. The highest BCUT2D eigenvalue weighted by molar-refractivity contribution is 6.33. The van der Waals surface area contributed by atoms with E-state index < -0.39 is 12.0 Å². The van der Waals surface area contributed by atoms with E-state index in [0.717, 1.165) is 6.42 Å². The van der Waals surface area contributed by atoms with Crippen molar-refractivity contribution in [3.05, 3.63) is 41.4 Å². The summed E-state index contributed by atoms with van der Waals surface area (Å²) in [5, 5.41) is 14.2. The van der Waals surface area contributed by atoms with Gasteiger partial charge in [-0.3, -0.25) is 0 Å². The van der Waals surface area contributed by atoms with Gasteiger partial charge in [-0.1, -0.05) is 17.7 Å². The van der Waals surface area contributed by atoms with Crippen molar-refractivity contribution >= 4 is 29.3 Å². The third-order valence-corrected chi connectivity index (χ3v) is 2.79. The molecule has 0 fully saturated rings. The second-order valence-electron chi connectivity index (χ2n) is 4.07. The minimum atomic E-state index is -1.09. The number of carboxylic acid groups (broad SMARTS) is 1. The fourth-order valence-electron chi connectivity index (χ4n) is 1.43. The van der Waals surface area contributed by atoms with Crippen molar-refractivity contribution in [2.24, 2.45) is 0 Å². The number of halogens is 1. The van der Waals surface area contributed by atoms with Gasteiger partial charge in [-0.25, -0.2) is 9.59 Å². The Morgan fingerprint density at radius 3 is 2.81 bits per heavy atom. The SMILES string of the molecule is C=CCCOCCNC(=O)Nc1cc(C(=O)O)ccc1Cl. The first kappa shape index (κ1) is 17.0. The van der Waals surface area contributed by atoms with Crippen LogP contribution in [-0.4, -0.2) is 36.9 Å². The Bertz CT molecular complexity index is 520. The van der Waals surface area contributed by atoms with Crippen LogP contribution in [0.25, 0.3) is 0 Å². The molecule has 0 heterocycles. The number of benzene rings is 1. The van der Waals surface area contributed by atoms with E-state index in [1.165, 1.54) is 18.2 Å². The lowest BCUT2D eigenvalue weighted by molar-refractivity contribution is 0.0697. The first-order chi connectivity index (χ1) is 10.0. The summed E-state index contributed by atoms with van der Waals surface area (Å²) in [5.74, 6) is -1.09. The van der Waals surface area contributed by atoms with Gasteiger partial charge < -0.3 is 20.5 Å². The Labute approximate surface area is 127 Å². The summed E-state index contributed by atoms with van der Waals surface area (Å²) < 4.78 is 5.23. The van der Waals surface area contributed by atoms with Crippen LogP contribution >= 0.6 is 11.6 Å². The molecule has 21 heavy (non-hydrogen) atoms.